The molecule has 0 atom stereocenters. The van der Waals surface area contributed by atoms with Crippen LogP contribution in [0.25, 0.3) is 5.65 Å². The van der Waals surface area contributed by atoms with Crippen LogP contribution in [0.2, 0.25) is 0 Å². The van der Waals surface area contributed by atoms with Gasteiger partial charge in [0.1, 0.15) is 23.8 Å². The number of fused-ring (bicyclic) bond motifs is 1. The van der Waals surface area contributed by atoms with E-state index in [0.717, 1.165) is 16.9 Å². The Kier molecular flexibility index (Phi) is 7.07. The lowest BCUT2D eigenvalue weighted by molar-refractivity contribution is 0.0714. The van der Waals surface area contributed by atoms with Gasteiger partial charge in [-0.05, 0) is 49.2 Å². The quantitative estimate of drug-likeness (QED) is 0.398. The highest BCUT2D eigenvalue weighted by atomic mass is 16.5. The minimum Gasteiger partial charge on any atom is -0.496 e. The van der Waals surface area contributed by atoms with E-state index in [4.69, 9.17) is 9.47 Å². The molecular weight excluding hydrogens is 468 g/mol. The fourth-order valence-electron chi connectivity index (χ4n) is 4.68. The molecule has 8 nitrogen and oxygen atoms in total. The number of rotatable bonds is 6. The van der Waals surface area contributed by atoms with Crippen LogP contribution in [-0.2, 0) is 6.61 Å². The van der Waals surface area contributed by atoms with E-state index in [0.29, 0.717) is 55.2 Å². The van der Waals surface area contributed by atoms with Crippen molar-refractivity contribution in [1.82, 2.24) is 19.2 Å². The van der Waals surface area contributed by atoms with Crippen molar-refractivity contribution in [2.24, 2.45) is 0 Å². The Bertz CT molecular complexity index is 1430. The molecule has 190 valence electrons. The van der Waals surface area contributed by atoms with Crippen molar-refractivity contribution >= 4 is 17.5 Å². The van der Waals surface area contributed by atoms with E-state index in [-0.39, 0.29) is 18.4 Å². The van der Waals surface area contributed by atoms with Crippen molar-refractivity contribution in [2.45, 2.75) is 20.0 Å². The van der Waals surface area contributed by atoms with Crippen molar-refractivity contribution in [3.05, 3.63) is 95.4 Å². The molecule has 0 bridgehead atoms. The summed E-state index contributed by atoms with van der Waals surface area (Å²) in [5.41, 5.74) is 3.81. The standard InChI is InChI=1S/C29H30N4O4/c1-21-9-7-14-33-19-22(30-27(21)33)20-37-26-13-6-4-11-24(26)29(35)32-16-8-15-31(17-18-32)28(34)23-10-3-5-12-25(23)36-2/h3-7,9-14,19H,8,15-18,20H2,1-2H3. The Morgan fingerprint density at radius 1 is 0.838 bits per heavy atom. The van der Waals surface area contributed by atoms with Gasteiger partial charge in [0.25, 0.3) is 11.8 Å². The number of amides is 2. The van der Waals surface area contributed by atoms with Gasteiger partial charge in [0.05, 0.1) is 23.9 Å². The fourth-order valence-corrected chi connectivity index (χ4v) is 4.68. The summed E-state index contributed by atoms with van der Waals surface area (Å²) in [5.74, 6) is 0.884. The summed E-state index contributed by atoms with van der Waals surface area (Å²) >= 11 is 0. The third-order valence-corrected chi connectivity index (χ3v) is 6.63. The van der Waals surface area contributed by atoms with Gasteiger partial charge in [0.15, 0.2) is 0 Å². The summed E-state index contributed by atoms with van der Waals surface area (Å²) in [6.45, 7) is 4.31. The van der Waals surface area contributed by atoms with Crippen LogP contribution in [0.5, 0.6) is 11.5 Å². The van der Waals surface area contributed by atoms with Crippen molar-refractivity contribution in [1.29, 1.82) is 0 Å². The van der Waals surface area contributed by atoms with Crippen LogP contribution < -0.4 is 9.47 Å². The Labute approximate surface area is 216 Å². The zero-order valence-electron chi connectivity index (χ0n) is 21.1. The topological polar surface area (TPSA) is 76.4 Å². The lowest BCUT2D eigenvalue weighted by Crippen LogP contribution is -2.37. The van der Waals surface area contributed by atoms with E-state index in [1.54, 1.807) is 35.1 Å². The van der Waals surface area contributed by atoms with E-state index >= 15 is 0 Å². The average Bonchev–Trinajstić information content (AvgIpc) is 3.20. The first kappa shape index (κ1) is 24.4. The molecule has 4 aromatic rings. The number of ether oxygens (including phenoxy) is 2. The van der Waals surface area contributed by atoms with Gasteiger partial charge in [0.2, 0.25) is 0 Å². The van der Waals surface area contributed by atoms with Crippen LogP contribution in [0.15, 0.2) is 73.1 Å². The van der Waals surface area contributed by atoms with Gasteiger partial charge in [-0.3, -0.25) is 9.59 Å². The number of hydrogen-bond donors (Lipinski definition) is 0. The maximum absolute atomic E-state index is 13.5. The summed E-state index contributed by atoms with van der Waals surface area (Å²) < 4.78 is 13.4. The number of nitrogens with zero attached hydrogens (tertiary/aromatic N) is 4. The maximum Gasteiger partial charge on any atom is 0.257 e. The number of aromatic nitrogens is 2. The molecule has 1 aliphatic heterocycles. The molecule has 1 fully saturated rings. The number of hydrogen-bond acceptors (Lipinski definition) is 5. The third-order valence-electron chi connectivity index (χ3n) is 6.63. The summed E-state index contributed by atoms with van der Waals surface area (Å²) in [6, 6.07) is 18.5. The molecule has 0 radical (unpaired) electrons. The lowest BCUT2D eigenvalue weighted by Gasteiger charge is -2.23. The smallest absolute Gasteiger partial charge is 0.257 e. The van der Waals surface area contributed by atoms with Crippen LogP contribution in [0, 0.1) is 6.92 Å². The maximum atomic E-state index is 13.5. The number of methoxy groups -OCH3 is 1. The summed E-state index contributed by atoms with van der Waals surface area (Å²) in [5, 5.41) is 0. The number of aryl methyl sites for hydroxylation is 1. The zero-order valence-corrected chi connectivity index (χ0v) is 21.1. The van der Waals surface area contributed by atoms with Crippen LogP contribution in [0.4, 0.5) is 0 Å². The highest BCUT2D eigenvalue weighted by Crippen LogP contribution is 2.24. The number of pyridine rings is 1. The second-order valence-corrected chi connectivity index (χ2v) is 9.08. The number of para-hydroxylation sites is 2. The second-order valence-electron chi connectivity index (χ2n) is 9.08. The number of imidazole rings is 1. The van der Waals surface area contributed by atoms with Crippen LogP contribution >= 0.6 is 0 Å². The van der Waals surface area contributed by atoms with Crippen LogP contribution in [0.3, 0.4) is 0 Å². The SMILES string of the molecule is COc1ccccc1C(=O)N1CCCN(C(=O)c2ccccc2OCc2cn3cccc(C)c3n2)CC1. The van der Waals surface area contributed by atoms with Gasteiger partial charge < -0.3 is 23.7 Å². The molecule has 0 aliphatic carbocycles. The Balaban J connectivity index is 1.27. The predicted octanol–water partition coefficient (Wildman–Crippen LogP) is 4.22. The van der Waals surface area contributed by atoms with Crippen molar-refractivity contribution in [2.75, 3.05) is 33.3 Å². The van der Waals surface area contributed by atoms with Gasteiger partial charge in [-0.2, -0.15) is 0 Å². The molecule has 1 saturated heterocycles. The normalized spacial score (nSPS) is 13.9. The molecule has 2 aromatic heterocycles. The van der Waals surface area contributed by atoms with E-state index in [9.17, 15) is 9.59 Å². The Morgan fingerprint density at radius 3 is 2.11 bits per heavy atom. The van der Waals surface area contributed by atoms with Gasteiger partial charge in [0, 0.05) is 38.6 Å². The highest BCUT2D eigenvalue weighted by molar-refractivity contribution is 5.98. The van der Waals surface area contributed by atoms with Gasteiger partial charge in [-0.1, -0.05) is 30.3 Å². The summed E-state index contributed by atoms with van der Waals surface area (Å²) in [6.07, 6.45) is 4.59. The van der Waals surface area contributed by atoms with E-state index < -0.39 is 0 Å². The molecular formula is C29H30N4O4. The number of carbonyl (C=O) groups excluding carboxylic acids is 2. The molecule has 0 saturated carbocycles. The Hall–Kier alpha value is -4.33. The van der Waals surface area contributed by atoms with Gasteiger partial charge in [-0.25, -0.2) is 4.98 Å². The number of carbonyl (C=O) groups is 2. The largest absolute Gasteiger partial charge is 0.496 e. The van der Waals surface area contributed by atoms with E-state index in [2.05, 4.69) is 4.98 Å². The molecule has 1 aliphatic rings. The second kappa shape index (κ2) is 10.7. The molecule has 2 aromatic carbocycles. The van der Waals surface area contributed by atoms with Crippen molar-refractivity contribution in [3.63, 3.8) is 0 Å². The first-order valence-electron chi connectivity index (χ1n) is 12.4. The van der Waals surface area contributed by atoms with Crippen LogP contribution in [0.1, 0.15) is 38.4 Å². The minimum absolute atomic E-state index is 0.0850. The summed E-state index contributed by atoms with van der Waals surface area (Å²) in [7, 11) is 1.56. The van der Waals surface area contributed by atoms with Gasteiger partial charge >= 0.3 is 0 Å². The molecule has 0 spiro atoms. The zero-order chi connectivity index (χ0) is 25.8. The van der Waals surface area contributed by atoms with Gasteiger partial charge in [-0.15, -0.1) is 0 Å². The fraction of sp³-hybridized carbons (Fsp3) is 0.276. The monoisotopic (exact) mass is 498 g/mol. The average molecular weight is 499 g/mol. The first-order valence-corrected chi connectivity index (χ1v) is 12.4. The minimum atomic E-state index is -0.104. The molecule has 37 heavy (non-hydrogen) atoms. The van der Waals surface area contributed by atoms with E-state index in [1.807, 2.05) is 66.2 Å². The third kappa shape index (κ3) is 5.14. The van der Waals surface area contributed by atoms with Crippen LogP contribution in [-0.4, -0.2) is 64.3 Å². The van der Waals surface area contributed by atoms with E-state index in [1.165, 1.54) is 0 Å². The molecule has 0 N–H and O–H groups in total. The molecule has 5 rings (SSSR count). The first-order chi connectivity index (χ1) is 18.0. The Morgan fingerprint density at radius 2 is 1.46 bits per heavy atom. The lowest BCUT2D eigenvalue weighted by atomic mass is 10.1. The predicted molar refractivity (Wildman–Crippen MR) is 140 cm³/mol. The number of benzene rings is 2. The van der Waals surface area contributed by atoms with Crippen molar-refractivity contribution < 1.29 is 19.1 Å². The molecule has 3 heterocycles. The molecule has 0 unspecified atom stereocenters. The summed E-state index contributed by atoms with van der Waals surface area (Å²) in [4.78, 5) is 34.9. The van der Waals surface area contributed by atoms with Crippen molar-refractivity contribution in [3.8, 4) is 11.5 Å². The highest BCUT2D eigenvalue weighted by Gasteiger charge is 2.26. The molecule has 2 amide bonds. The molecule has 8 heteroatoms.